The molecule has 0 aliphatic rings. The first kappa shape index (κ1) is 21.3. The second kappa shape index (κ2) is 8.52. The van der Waals surface area contributed by atoms with Crippen molar-refractivity contribution in [2.75, 3.05) is 11.8 Å². The van der Waals surface area contributed by atoms with Gasteiger partial charge in [0.25, 0.3) is 15.9 Å². The molecule has 1 amide bonds. The molecule has 1 aromatic heterocycles. The van der Waals surface area contributed by atoms with Gasteiger partial charge in [-0.1, -0.05) is 17.7 Å². The van der Waals surface area contributed by atoms with Crippen LogP contribution in [-0.2, 0) is 10.0 Å². The van der Waals surface area contributed by atoms with Gasteiger partial charge in [0.05, 0.1) is 16.0 Å². The number of hydrogen-bond donors (Lipinski definition) is 1. The highest BCUT2D eigenvalue weighted by atomic mass is 35.5. The molecule has 0 bridgehead atoms. The first-order valence-electron chi connectivity index (χ1n) is 8.57. The first-order chi connectivity index (χ1) is 13.7. The smallest absolute Gasteiger partial charge is 0.261 e. The maximum atomic E-state index is 13.3. The summed E-state index contributed by atoms with van der Waals surface area (Å²) >= 11 is 7.24. The molecule has 5 nitrogen and oxygen atoms in total. The molecule has 0 aliphatic carbocycles. The van der Waals surface area contributed by atoms with E-state index in [1.54, 1.807) is 35.4 Å². The minimum Gasteiger partial charge on any atom is -0.334 e. The predicted molar refractivity (Wildman–Crippen MR) is 113 cm³/mol. The SMILES string of the molecule is CC(c1cccs1)N(C)C(=O)c1ccc(NS(=O)(=O)c2ccc(F)c(Cl)c2)cc1. The van der Waals surface area contributed by atoms with E-state index in [1.807, 2.05) is 24.4 Å². The van der Waals surface area contributed by atoms with Gasteiger partial charge in [-0.15, -0.1) is 11.3 Å². The Morgan fingerprint density at radius 3 is 2.45 bits per heavy atom. The summed E-state index contributed by atoms with van der Waals surface area (Å²) in [6, 6.07) is 13.1. The molecule has 0 saturated carbocycles. The third kappa shape index (κ3) is 4.77. The van der Waals surface area contributed by atoms with Crippen LogP contribution in [-0.4, -0.2) is 26.3 Å². The quantitative estimate of drug-likeness (QED) is 0.560. The normalized spacial score (nSPS) is 12.4. The molecular weight excluding hydrogens is 435 g/mol. The molecule has 2 aromatic carbocycles. The maximum absolute atomic E-state index is 13.3. The Balaban J connectivity index is 1.74. The summed E-state index contributed by atoms with van der Waals surface area (Å²) in [7, 11) is -2.22. The molecule has 29 heavy (non-hydrogen) atoms. The number of carbonyl (C=O) groups is 1. The highest BCUT2D eigenvalue weighted by molar-refractivity contribution is 7.92. The fourth-order valence-corrected chi connectivity index (χ4v) is 4.79. The third-order valence-electron chi connectivity index (χ3n) is 4.44. The van der Waals surface area contributed by atoms with Crippen molar-refractivity contribution in [1.29, 1.82) is 0 Å². The summed E-state index contributed by atoms with van der Waals surface area (Å²) in [5.41, 5.74) is 0.708. The highest BCUT2D eigenvalue weighted by Crippen LogP contribution is 2.26. The van der Waals surface area contributed by atoms with E-state index < -0.39 is 15.8 Å². The van der Waals surface area contributed by atoms with Crippen LogP contribution in [0, 0.1) is 5.82 Å². The Hall–Kier alpha value is -2.42. The largest absolute Gasteiger partial charge is 0.334 e. The van der Waals surface area contributed by atoms with Gasteiger partial charge in [-0.2, -0.15) is 0 Å². The highest BCUT2D eigenvalue weighted by Gasteiger charge is 2.20. The Morgan fingerprint density at radius 1 is 1.17 bits per heavy atom. The minimum absolute atomic E-state index is 0.0797. The van der Waals surface area contributed by atoms with Crippen LogP contribution in [0.2, 0.25) is 5.02 Å². The van der Waals surface area contributed by atoms with Crippen LogP contribution < -0.4 is 4.72 Å². The Bertz CT molecular complexity index is 1120. The van der Waals surface area contributed by atoms with Crippen LogP contribution in [0.5, 0.6) is 0 Å². The molecule has 0 aliphatic heterocycles. The van der Waals surface area contributed by atoms with Crippen LogP contribution in [0.15, 0.2) is 64.9 Å². The molecule has 3 aromatic rings. The number of anilines is 1. The van der Waals surface area contributed by atoms with E-state index in [9.17, 15) is 17.6 Å². The lowest BCUT2D eigenvalue weighted by molar-refractivity contribution is 0.0745. The zero-order valence-electron chi connectivity index (χ0n) is 15.6. The molecule has 0 fully saturated rings. The Kier molecular flexibility index (Phi) is 6.26. The second-order valence-electron chi connectivity index (χ2n) is 6.37. The molecule has 9 heteroatoms. The number of thiophene rings is 1. The zero-order valence-corrected chi connectivity index (χ0v) is 18.0. The number of nitrogens with zero attached hydrogens (tertiary/aromatic N) is 1. The van der Waals surface area contributed by atoms with Gasteiger partial charge in [0, 0.05) is 23.2 Å². The van der Waals surface area contributed by atoms with E-state index in [1.165, 1.54) is 12.1 Å². The number of rotatable bonds is 6. The van der Waals surface area contributed by atoms with Gasteiger partial charge in [-0.3, -0.25) is 9.52 Å². The molecule has 0 saturated heterocycles. The number of nitrogens with one attached hydrogen (secondary N) is 1. The van der Waals surface area contributed by atoms with Gasteiger partial charge in [0.15, 0.2) is 0 Å². The van der Waals surface area contributed by atoms with E-state index in [2.05, 4.69) is 4.72 Å². The number of sulfonamides is 1. The van der Waals surface area contributed by atoms with Crippen LogP contribution in [0.4, 0.5) is 10.1 Å². The van der Waals surface area contributed by atoms with Crippen LogP contribution in [0.3, 0.4) is 0 Å². The van der Waals surface area contributed by atoms with E-state index in [0.717, 1.165) is 23.1 Å². The minimum atomic E-state index is -3.94. The summed E-state index contributed by atoms with van der Waals surface area (Å²) in [6.07, 6.45) is 0. The lowest BCUT2D eigenvalue weighted by Gasteiger charge is -2.24. The average molecular weight is 453 g/mol. The fourth-order valence-electron chi connectivity index (χ4n) is 2.64. The number of carbonyl (C=O) groups excluding carboxylic acids is 1. The van der Waals surface area contributed by atoms with Crippen molar-refractivity contribution < 1.29 is 17.6 Å². The van der Waals surface area contributed by atoms with E-state index in [4.69, 9.17) is 11.6 Å². The van der Waals surface area contributed by atoms with Crippen molar-refractivity contribution in [2.24, 2.45) is 0 Å². The molecular formula is C20H18ClFN2O3S2. The van der Waals surface area contributed by atoms with E-state index in [0.29, 0.717) is 5.56 Å². The van der Waals surface area contributed by atoms with Crippen molar-refractivity contribution in [3.63, 3.8) is 0 Å². The van der Waals surface area contributed by atoms with Crippen molar-refractivity contribution >= 4 is 44.6 Å². The van der Waals surface area contributed by atoms with Gasteiger partial charge >= 0.3 is 0 Å². The monoisotopic (exact) mass is 452 g/mol. The maximum Gasteiger partial charge on any atom is 0.261 e. The zero-order chi connectivity index (χ0) is 21.2. The van der Waals surface area contributed by atoms with Gasteiger partial charge < -0.3 is 4.90 Å². The van der Waals surface area contributed by atoms with Crippen molar-refractivity contribution in [3.8, 4) is 0 Å². The summed E-state index contributed by atoms with van der Waals surface area (Å²) in [5.74, 6) is -0.875. The molecule has 0 radical (unpaired) electrons. The van der Waals surface area contributed by atoms with Crippen molar-refractivity contribution in [3.05, 3.63) is 81.3 Å². The van der Waals surface area contributed by atoms with Gasteiger partial charge in [0.2, 0.25) is 0 Å². The number of hydrogen-bond acceptors (Lipinski definition) is 4. The molecule has 0 spiro atoms. The number of halogens is 2. The third-order valence-corrected chi connectivity index (χ3v) is 7.15. The lowest BCUT2D eigenvalue weighted by Crippen LogP contribution is -2.29. The topological polar surface area (TPSA) is 66.5 Å². The van der Waals surface area contributed by atoms with Gasteiger partial charge in [0.1, 0.15) is 5.82 Å². The predicted octanol–water partition coefficient (Wildman–Crippen LogP) is 5.17. The molecule has 1 N–H and O–H groups in total. The summed E-state index contributed by atoms with van der Waals surface area (Å²) in [6.45, 7) is 1.94. The van der Waals surface area contributed by atoms with Crippen LogP contribution >= 0.6 is 22.9 Å². The van der Waals surface area contributed by atoms with Gasteiger partial charge in [-0.05, 0) is 60.8 Å². The van der Waals surface area contributed by atoms with Gasteiger partial charge in [-0.25, -0.2) is 12.8 Å². The fraction of sp³-hybridized carbons (Fsp3) is 0.150. The lowest BCUT2D eigenvalue weighted by atomic mass is 10.1. The van der Waals surface area contributed by atoms with E-state index >= 15 is 0 Å². The summed E-state index contributed by atoms with van der Waals surface area (Å²) in [5, 5.41) is 1.68. The molecule has 1 heterocycles. The Morgan fingerprint density at radius 2 is 1.86 bits per heavy atom. The van der Waals surface area contributed by atoms with Crippen LogP contribution in [0.1, 0.15) is 28.2 Å². The average Bonchev–Trinajstić information content (AvgIpc) is 3.23. The second-order valence-corrected chi connectivity index (χ2v) is 9.44. The van der Waals surface area contributed by atoms with Crippen molar-refractivity contribution in [1.82, 2.24) is 4.90 Å². The standard InChI is InChI=1S/C20H18ClFN2O3S2/c1-13(19-4-3-11-28-19)24(2)20(25)14-5-7-15(8-6-14)23-29(26,27)16-9-10-18(22)17(21)12-16/h3-13,23H,1-2H3. The van der Waals surface area contributed by atoms with Crippen LogP contribution in [0.25, 0.3) is 0 Å². The summed E-state index contributed by atoms with van der Waals surface area (Å²) < 4.78 is 40.5. The number of benzene rings is 2. The molecule has 3 rings (SSSR count). The first-order valence-corrected chi connectivity index (χ1v) is 11.3. The van der Waals surface area contributed by atoms with E-state index in [-0.39, 0.29) is 27.6 Å². The Labute approximate surface area is 177 Å². The van der Waals surface area contributed by atoms with Crippen molar-refractivity contribution in [2.45, 2.75) is 17.9 Å². The molecule has 152 valence electrons. The number of amides is 1. The molecule has 1 atom stereocenters. The molecule has 1 unspecified atom stereocenters. The summed E-state index contributed by atoms with van der Waals surface area (Å²) in [4.78, 5) is 15.3.